The maximum atomic E-state index is 12.3. The average molecular weight is 306 g/mol. The van der Waals surface area contributed by atoms with E-state index in [9.17, 15) is 9.59 Å². The third-order valence-corrected chi connectivity index (χ3v) is 3.73. The number of benzene rings is 1. The second-order valence-electron chi connectivity index (χ2n) is 5.18. The number of methoxy groups -OCH3 is 1. The van der Waals surface area contributed by atoms with Gasteiger partial charge in [-0.25, -0.2) is 4.79 Å². The standard InChI is InChI=1S/C16H22N2O4/c1-3-22-16(20)18-9-7-12(8-10-18)15(19)17-13-5-4-6-14(11-13)21-2/h4-6,11-12H,3,7-10H2,1-2H3,(H,17,19). The summed E-state index contributed by atoms with van der Waals surface area (Å²) in [6, 6.07) is 7.27. The number of nitrogens with one attached hydrogen (secondary N) is 1. The van der Waals surface area contributed by atoms with Crippen LogP contribution in [-0.4, -0.2) is 43.7 Å². The average Bonchev–Trinajstić information content (AvgIpc) is 2.55. The zero-order chi connectivity index (χ0) is 15.9. The maximum absolute atomic E-state index is 12.3. The molecule has 0 aliphatic carbocycles. The molecular weight excluding hydrogens is 284 g/mol. The molecule has 0 unspecified atom stereocenters. The minimum absolute atomic E-state index is 0.0169. The Balaban J connectivity index is 1.85. The van der Waals surface area contributed by atoms with Gasteiger partial charge in [-0.15, -0.1) is 0 Å². The van der Waals surface area contributed by atoms with Crippen LogP contribution in [0.2, 0.25) is 0 Å². The van der Waals surface area contributed by atoms with Crippen molar-refractivity contribution in [1.29, 1.82) is 0 Å². The second kappa shape index (κ2) is 7.68. The largest absolute Gasteiger partial charge is 0.497 e. The van der Waals surface area contributed by atoms with Gasteiger partial charge >= 0.3 is 6.09 Å². The molecule has 0 atom stereocenters. The number of hydrogen-bond donors (Lipinski definition) is 1. The molecule has 0 spiro atoms. The van der Waals surface area contributed by atoms with Crippen molar-refractivity contribution in [3.05, 3.63) is 24.3 Å². The Morgan fingerprint density at radius 1 is 1.32 bits per heavy atom. The molecule has 1 saturated heterocycles. The molecule has 2 rings (SSSR count). The molecule has 0 aromatic heterocycles. The van der Waals surface area contributed by atoms with Crippen molar-refractivity contribution in [2.45, 2.75) is 19.8 Å². The topological polar surface area (TPSA) is 67.9 Å². The van der Waals surface area contributed by atoms with Gasteiger partial charge in [0.15, 0.2) is 0 Å². The van der Waals surface area contributed by atoms with Crippen LogP contribution in [0, 0.1) is 5.92 Å². The summed E-state index contributed by atoms with van der Waals surface area (Å²) in [4.78, 5) is 25.6. The fraction of sp³-hybridized carbons (Fsp3) is 0.500. The number of rotatable bonds is 4. The van der Waals surface area contributed by atoms with E-state index >= 15 is 0 Å². The minimum Gasteiger partial charge on any atom is -0.497 e. The summed E-state index contributed by atoms with van der Waals surface area (Å²) >= 11 is 0. The number of carbonyl (C=O) groups excluding carboxylic acids is 2. The molecule has 0 bridgehead atoms. The Labute approximate surface area is 130 Å². The zero-order valence-corrected chi connectivity index (χ0v) is 13.0. The van der Waals surface area contributed by atoms with Gasteiger partial charge in [-0.05, 0) is 31.9 Å². The number of amides is 2. The molecule has 6 nitrogen and oxygen atoms in total. The normalized spacial score (nSPS) is 15.3. The molecule has 1 heterocycles. The highest BCUT2D eigenvalue weighted by molar-refractivity contribution is 5.92. The van der Waals surface area contributed by atoms with Crippen LogP contribution >= 0.6 is 0 Å². The number of likely N-dealkylation sites (tertiary alicyclic amines) is 1. The summed E-state index contributed by atoms with van der Waals surface area (Å²) in [5.41, 5.74) is 0.720. The molecule has 1 fully saturated rings. The first-order chi connectivity index (χ1) is 10.6. The lowest BCUT2D eigenvalue weighted by Crippen LogP contribution is -2.41. The van der Waals surface area contributed by atoms with Gasteiger partial charge in [-0.2, -0.15) is 0 Å². The van der Waals surface area contributed by atoms with Crippen LogP contribution < -0.4 is 10.1 Å². The number of piperidine rings is 1. The van der Waals surface area contributed by atoms with Gasteiger partial charge in [0.25, 0.3) is 0 Å². The van der Waals surface area contributed by atoms with Crippen molar-refractivity contribution in [3.63, 3.8) is 0 Å². The summed E-state index contributed by atoms with van der Waals surface area (Å²) in [5.74, 6) is 0.601. The highest BCUT2D eigenvalue weighted by atomic mass is 16.6. The first-order valence-electron chi connectivity index (χ1n) is 7.50. The van der Waals surface area contributed by atoms with E-state index in [-0.39, 0.29) is 17.9 Å². The van der Waals surface area contributed by atoms with Gasteiger partial charge in [0.05, 0.1) is 13.7 Å². The third-order valence-electron chi connectivity index (χ3n) is 3.73. The van der Waals surface area contributed by atoms with Crippen molar-refractivity contribution >= 4 is 17.7 Å². The monoisotopic (exact) mass is 306 g/mol. The Bertz CT molecular complexity index is 525. The molecule has 0 saturated carbocycles. The number of ether oxygens (including phenoxy) is 2. The summed E-state index contributed by atoms with van der Waals surface area (Å²) < 4.78 is 10.1. The van der Waals surface area contributed by atoms with E-state index in [4.69, 9.17) is 9.47 Å². The fourth-order valence-corrected chi connectivity index (χ4v) is 2.48. The molecular formula is C16H22N2O4. The Kier molecular flexibility index (Phi) is 5.63. The molecule has 1 aromatic carbocycles. The van der Waals surface area contributed by atoms with Gasteiger partial charge in [0.1, 0.15) is 5.75 Å². The Morgan fingerprint density at radius 3 is 2.68 bits per heavy atom. The highest BCUT2D eigenvalue weighted by Gasteiger charge is 2.27. The van der Waals surface area contributed by atoms with Crippen LogP contribution in [0.1, 0.15) is 19.8 Å². The van der Waals surface area contributed by atoms with Crippen molar-refractivity contribution in [2.24, 2.45) is 5.92 Å². The van der Waals surface area contributed by atoms with Gasteiger partial charge in [-0.1, -0.05) is 6.07 Å². The van der Waals surface area contributed by atoms with Crippen molar-refractivity contribution < 1.29 is 19.1 Å². The van der Waals surface area contributed by atoms with Crippen molar-refractivity contribution in [1.82, 2.24) is 4.90 Å². The molecule has 1 aliphatic heterocycles. The van der Waals surface area contributed by atoms with Crippen LogP contribution in [0.5, 0.6) is 5.75 Å². The van der Waals surface area contributed by atoms with Gasteiger partial charge in [0.2, 0.25) is 5.91 Å². The Hall–Kier alpha value is -2.24. The van der Waals surface area contributed by atoms with E-state index in [0.29, 0.717) is 38.3 Å². The molecule has 0 radical (unpaired) electrons. The smallest absolute Gasteiger partial charge is 0.409 e. The quantitative estimate of drug-likeness (QED) is 0.928. The summed E-state index contributed by atoms with van der Waals surface area (Å²) in [6.45, 7) is 3.26. The van der Waals surface area contributed by atoms with Crippen LogP contribution in [0.4, 0.5) is 10.5 Å². The zero-order valence-electron chi connectivity index (χ0n) is 13.0. The highest BCUT2D eigenvalue weighted by Crippen LogP contribution is 2.22. The second-order valence-corrected chi connectivity index (χ2v) is 5.18. The van der Waals surface area contributed by atoms with Gasteiger partial charge in [-0.3, -0.25) is 4.79 Å². The summed E-state index contributed by atoms with van der Waals surface area (Å²) in [6.07, 6.45) is 0.998. The molecule has 1 aliphatic rings. The van der Waals surface area contributed by atoms with Gasteiger partial charge < -0.3 is 19.7 Å². The lowest BCUT2D eigenvalue weighted by Gasteiger charge is -2.30. The number of anilines is 1. The van der Waals surface area contributed by atoms with E-state index < -0.39 is 0 Å². The van der Waals surface area contributed by atoms with E-state index in [2.05, 4.69) is 5.32 Å². The van der Waals surface area contributed by atoms with E-state index in [1.165, 1.54) is 0 Å². The van der Waals surface area contributed by atoms with Crippen LogP contribution in [0.3, 0.4) is 0 Å². The lowest BCUT2D eigenvalue weighted by molar-refractivity contribution is -0.121. The minimum atomic E-state index is -0.297. The SMILES string of the molecule is CCOC(=O)N1CCC(C(=O)Nc2cccc(OC)c2)CC1. The molecule has 2 amide bonds. The fourth-order valence-electron chi connectivity index (χ4n) is 2.48. The molecule has 1 N–H and O–H groups in total. The number of nitrogens with zero attached hydrogens (tertiary/aromatic N) is 1. The van der Waals surface area contributed by atoms with Gasteiger partial charge in [0, 0.05) is 30.8 Å². The first-order valence-corrected chi connectivity index (χ1v) is 7.50. The molecule has 1 aromatic rings. The number of carbonyl (C=O) groups is 2. The Morgan fingerprint density at radius 2 is 2.05 bits per heavy atom. The number of hydrogen-bond acceptors (Lipinski definition) is 4. The molecule has 22 heavy (non-hydrogen) atoms. The molecule has 6 heteroatoms. The van der Waals surface area contributed by atoms with E-state index in [1.54, 1.807) is 25.0 Å². The lowest BCUT2D eigenvalue weighted by atomic mass is 9.96. The van der Waals surface area contributed by atoms with E-state index in [1.807, 2.05) is 18.2 Å². The maximum Gasteiger partial charge on any atom is 0.409 e. The third kappa shape index (κ3) is 4.13. The molecule has 120 valence electrons. The summed E-state index contributed by atoms with van der Waals surface area (Å²) in [7, 11) is 1.59. The van der Waals surface area contributed by atoms with Crippen molar-refractivity contribution in [2.75, 3.05) is 32.1 Å². The van der Waals surface area contributed by atoms with E-state index in [0.717, 1.165) is 5.69 Å². The van der Waals surface area contributed by atoms with Crippen molar-refractivity contribution in [3.8, 4) is 5.75 Å². The van der Waals surface area contributed by atoms with Crippen LogP contribution in [0.25, 0.3) is 0 Å². The summed E-state index contributed by atoms with van der Waals surface area (Å²) in [5, 5.41) is 2.90. The predicted octanol–water partition coefficient (Wildman–Crippen LogP) is 2.50. The van der Waals surface area contributed by atoms with Crippen LogP contribution in [-0.2, 0) is 9.53 Å². The first kappa shape index (κ1) is 16.1. The predicted molar refractivity (Wildman–Crippen MR) is 82.9 cm³/mol. The van der Waals surface area contributed by atoms with Crippen LogP contribution in [0.15, 0.2) is 24.3 Å².